The summed E-state index contributed by atoms with van der Waals surface area (Å²) in [6, 6.07) is 9.00. The number of hydrogen-bond acceptors (Lipinski definition) is 5. The molecule has 3 heterocycles. The maximum absolute atomic E-state index is 13.4. The number of piperazine rings is 1. The lowest BCUT2D eigenvalue weighted by molar-refractivity contribution is 0.260. The summed E-state index contributed by atoms with van der Waals surface area (Å²) in [5, 5.41) is 6.57. The van der Waals surface area contributed by atoms with Crippen LogP contribution in [0.2, 0.25) is 0 Å². The zero-order chi connectivity index (χ0) is 19.5. The third-order valence-corrected chi connectivity index (χ3v) is 6.20. The third kappa shape index (κ3) is 3.91. The zero-order valence-electron chi connectivity index (χ0n) is 16.3. The van der Waals surface area contributed by atoms with Gasteiger partial charge in [-0.25, -0.2) is 4.39 Å². The van der Waals surface area contributed by atoms with Gasteiger partial charge >= 0.3 is 0 Å². The molecule has 1 aliphatic heterocycles. The number of hydrogen-bond donors (Lipinski definition) is 0. The first-order chi connectivity index (χ1) is 13.7. The lowest BCUT2D eigenvalue weighted by Gasteiger charge is -2.36. The molecule has 1 fully saturated rings. The van der Waals surface area contributed by atoms with Crippen LogP contribution in [0.1, 0.15) is 5.56 Å². The predicted molar refractivity (Wildman–Crippen MR) is 112 cm³/mol. The van der Waals surface area contributed by atoms with Crippen LogP contribution in [0.25, 0.3) is 10.6 Å². The molecule has 1 saturated heterocycles. The van der Waals surface area contributed by atoms with Gasteiger partial charge in [-0.3, -0.25) is 9.58 Å². The number of benzene rings is 1. The second-order valence-electron chi connectivity index (χ2n) is 7.01. The quantitative estimate of drug-likeness (QED) is 0.632. The highest BCUT2D eigenvalue weighted by Crippen LogP contribution is 2.30. The molecule has 0 unspecified atom stereocenters. The van der Waals surface area contributed by atoms with E-state index < -0.39 is 0 Å². The van der Waals surface area contributed by atoms with E-state index in [9.17, 15) is 4.39 Å². The topological polar surface area (TPSA) is 33.5 Å². The van der Waals surface area contributed by atoms with Crippen LogP contribution in [0.5, 0.6) is 5.75 Å². The molecule has 5 nitrogen and oxygen atoms in total. The minimum absolute atomic E-state index is 0.266. The Morgan fingerprint density at radius 1 is 1.18 bits per heavy atom. The second-order valence-corrected chi connectivity index (χ2v) is 7.96. The number of ether oxygens (including phenoxy) is 1. The van der Waals surface area contributed by atoms with Gasteiger partial charge in [0.2, 0.25) is 0 Å². The third-order valence-electron chi connectivity index (χ3n) is 5.32. The maximum atomic E-state index is 13.4. The van der Waals surface area contributed by atoms with Crippen molar-refractivity contribution in [3.05, 3.63) is 53.3 Å². The first-order valence-electron chi connectivity index (χ1n) is 9.51. The zero-order valence-corrected chi connectivity index (χ0v) is 17.1. The normalized spacial score (nSPS) is 15.2. The molecule has 0 saturated carbocycles. The van der Waals surface area contributed by atoms with Gasteiger partial charge in [0.05, 0.1) is 29.6 Å². The molecule has 3 aromatic rings. The standard InChI is InChI=1S/C21H25FN4OS/c1-24-21(20-4-3-13-28-20)16(15-23-24)7-8-25-9-11-26(12-10-25)18-6-5-17(22)14-19(18)27-2/h3-6,13-15H,7-12H2,1-2H3. The van der Waals surface area contributed by atoms with Gasteiger partial charge in [0, 0.05) is 51.4 Å². The first kappa shape index (κ1) is 19.0. The van der Waals surface area contributed by atoms with Crippen molar-refractivity contribution in [3.8, 4) is 16.3 Å². The fourth-order valence-corrected chi connectivity index (χ4v) is 4.64. The summed E-state index contributed by atoms with van der Waals surface area (Å²) in [6.45, 7) is 4.79. The van der Waals surface area contributed by atoms with E-state index in [4.69, 9.17) is 4.74 Å². The summed E-state index contributed by atoms with van der Waals surface area (Å²) < 4.78 is 20.8. The largest absolute Gasteiger partial charge is 0.494 e. The Bertz CT molecular complexity index is 917. The molecule has 0 radical (unpaired) electrons. The highest BCUT2D eigenvalue weighted by Gasteiger charge is 2.21. The molecule has 148 valence electrons. The molecule has 0 N–H and O–H groups in total. The van der Waals surface area contributed by atoms with Crippen LogP contribution in [0, 0.1) is 5.82 Å². The van der Waals surface area contributed by atoms with Gasteiger partial charge in [0.25, 0.3) is 0 Å². The summed E-state index contributed by atoms with van der Waals surface area (Å²) in [6.07, 6.45) is 2.98. The van der Waals surface area contributed by atoms with E-state index in [0.29, 0.717) is 5.75 Å². The molecule has 7 heteroatoms. The molecular weight excluding hydrogens is 375 g/mol. The van der Waals surface area contributed by atoms with Crippen molar-refractivity contribution in [2.24, 2.45) is 7.05 Å². The molecule has 4 rings (SSSR count). The van der Waals surface area contributed by atoms with E-state index in [0.717, 1.165) is 44.8 Å². The van der Waals surface area contributed by atoms with E-state index in [1.165, 1.54) is 28.3 Å². The van der Waals surface area contributed by atoms with Gasteiger partial charge in [-0.2, -0.15) is 5.10 Å². The van der Waals surface area contributed by atoms with Crippen LogP contribution in [0.3, 0.4) is 0 Å². The van der Waals surface area contributed by atoms with Gasteiger partial charge in [0.1, 0.15) is 11.6 Å². The Hall–Kier alpha value is -2.38. The Balaban J connectivity index is 1.36. The van der Waals surface area contributed by atoms with Gasteiger partial charge in [-0.1, -0.05) is 6.07 Å². The lowest BCUT2D eigenvalue weighted by Crippen LogP contribution is -2.47. The molecule has 1 aliphatic rings. The number of aromatic nitrogens is 2. The van der Waals surface area contributed by atoms with Crippen LogP contribution in [-0.4, -0.2) is 54.5 Å². The molecule has 28 heavy (non-hydrogen) atoms. The summed E-state index contributed by atoms with van der Waals surface area (Å²) >= 11 is 1.75. The number of nitrogens with zero attached hydrogens (tertiary/aromatic N) is 4. The van der Waals surface area contributed by atoms with Crippen LogP contribution in [0.15, 0.2) is 41.9 Å². The number of aryl methyl sites for hydroxylation is 1. The maximum Gasteiger partial charge on any atom is 0.145 e. The van der Waals surface area contributed by atoms with Gasteiger partial charge in [-0.05, 0) is 30.0 Å². The van der Waals surface area contributed by atoms with Crippen molar-refractivity contribution in [1.82, 2.24) is 14.7 Å². The molecule has 2 aromatic heterocycles. The van der Waals surface area contributed by atoms with Crippen molar-refractivity contribution in [3.63, 3.8) is 0 Å². The molecule has 0 bridgehead atoms. The second kappa shape index (κ2) is 8.32. The molecule has 0 aliphatic carbocycles. The number of methoxy groups -OCH3 is 1. The van der Waals surface area contributed by atoms with E-state index in [2.05, 4.69) is 32.4 Å². The fourth-order valence-electron chi connectivity index (χ4n) is 3.80. The summed E-state index contributed by atoms with van der Waals surface area (Å²) in [4.78, 5) is 6.02. The number of halogens is 1. The monoisotopic (exact) mass is 400 g/mol. The minimum Gasteiger partial charge on any atom is -0.494 e. The van der Waals surface area contributed by atoms with Gasteiger partial charge in [-0.15, -0.1) is 11.3 Å². The van der Waals surface area contributed by atoms with E-state index in [1.54, 1.807) is 18.4 Å². The van der Waals surface area contributed by atoms with Crippen molar-refractivity contribution < 1.29 is 9.13 Å². The van der Waals surface area contributed by atoms with E-state index in [1.807, 2.05) is 24.0 Å². The molecule has 0 amide bonds. The molecular formula is C21H25FN4OS. The summed E-state index contributed by atoms with van der Waals surface area (Å²) in [5.41, 5.74) is 3.49. The summed E-state index contributed by atoms with van der Waals surface area (Å²) in [7, 11) is 3.60. The predicted octanol–water partition coefficient (Wildman–Crippen LogP) is 3.66. The van der Waals surface area contributed by atoms with Gasteiger partial charge in [0.15, 0.2) is 0 Å². The van der Waals surface area contributed by atoms with E-state index in [-0.39, 0.29) is 5.82 Å². The number of anilines is 1. The van der Waals surface area contributed by atoms with Crippen molar-refractivity contribution in [2.75, 3.05) is 44.7 Å². The van der Waals surface area contributed by atoms with Crippen LogP contribution in [0.4, 0.5) is 10.1 Å². The van der Waals surface area contributed by atoms with E-state index >= 15 is 0 Å². The Morgan fingerprint density at radius 2 is 2.00 bits per heavy atom. The van der Waals surface area contributed by atoms with Crippen molar-refractivity contribution in [1.29, 1.82) is 0 Å². The fraction of sp³-hybridized carbons (Fsp3) is 0.381. The van der Waals surface area contributed by atoms with Crippen molar-refractivity contribution >= 4 is 17.0 Å². The van der Waals surface area contributed by atoms with Crippen molar-refractivity contribution in [2.45, 2.75) is 6.42 Å². The Morgan fingerprint density at radius 3 is 2.71 bits per heavy atom. The highest BCUT2D eigenvalue weighted by molar-refractivity contribution is 7.13. The number of rotatable bonds is 6. The Kier molecular flexibility index (Phi) is 5.64. The average Bonchev–Trinajstić information content (AvgIpc) is 3.36. The summed E-state index contributed by atoms with van der Waals surface area (Å²) in [5.74, 6) is 0.335. The lowest BCUT2D eigenvalue weighted by atomic mass is 10.1. The number of thiophene rings is 1. The smallest absolute Gasteiger partial charge is 0.145 e. The average molecular weight is 401 g/mol. The highest BCUT2D eigenvalue weighted by atomic mass is 32.1. The first-order valence-corrected chi connectivity index (χ1v) is 10.4. The van der Waals surface area contributed by atoms with Crippen LogP contribution in [-0.2, 0) is 13.5 Å². The Labute approximate surface area is 169 Å². The molecule has 0 atom stereocenters. The van der Waals surface area contributed by atoms with Crippen LogP contribution >= 0.6 is 11.3 Å². The van der Waals surface area contributed by atoms with Crippen LogP contribution < -0.4 is 9.64 Å². The SMILES string of the molecule is COc1cc(F)ccc1N1CCN(CCc2cnn(C)c2-c2cccs2)CC1. The molecule has 0 spiro atoms. The minimum atomic E-state index is -0.266. The van der Waals surface area contributed by atoms with Gasteiger partial charge < -0.3 is 9.64 Å². The molecule has 1 aromatic carbocycles.